The molecule has 2 heterocycles. The highest BCUT2D eigenvalue weighted by Crippen LogP contribution is 2.46. The van der Waals surface area contributed by atoms with Gasteiger partial charge >= 0.3 is 0 Å². The van der Waals surface area contributed by atoms with E-state index in [-0.39, 0.29) is 11.6 Å². The van der Waals surface area contributed by atoms with Crippen LogP contribution in [0.15, 0.2) is 23.4 Å². The Labute approximate surface area is 148 Å². The molecule has 2 unspecified atom stereocenters. The van der Waals surface area contributed by atoms with Gasteiger partial charge in [-0.05, 0) is 31.0 Å². The van der Waals surface area contributed by atoms with E-state index in [1.165, 1.54) is 12.8 Å². The number of rotatable bonds is 4. The maximum absolute atomic E-state index is 6.17. The highest BCUT2D eigenvalue weighted by molar-refractivity contribution is 6.04. The molecule has 0 amide bonds. The molecular formula is C19H26N2O4. The van der Waals surface area contributed by atoms with Crippen molar-refractivity contribution in [3.8, 4) is 11.5 Å². The number of morpholine rings is 1. The second kappa shape index (κ2) is 6.84. The average molecular weight is 346 g/mol. The molecule has 3 aliphatic rings. The standard InChI is InChI=1S/C19H26N2O4/c1-22-16-7-6-14(13-17(16)23-2)18-15-5-3-4-8-19(15,25-20-18)21-9-11-24-12-10-21/h6-7,13,15H,3-5,8-12H2,1-2H3. The fourth-order valence-electron chi connectivity index (χ4n) is 4.41. The van der Waals surface area contributed by atoms with Crippen molar-refractivity contribution in [1.82, 2.24) is 4.90 Å². The topological polar surface area (TPSA) is 52.5 Å². The van der Waals surface area contributed by atoms with E-state index >= 15 is 0 Å². The van der Waals surface area contributed by atoms with Gasteiger partial charge in [-0.1, -0.05) is 11.6 Å². The Bertz CT molecular complexity index is 657. The number of methoxy groups -OCH3 is 2. The van der Waals surface area contributed by atoms with Gasteiger partial charge in [0.05, 0.1) is 39.1 Å². The van der Waals surface area contributed by atoms with E-state index < -0.39 is 0 Å². The fraction of sp³-hybridized carbons (Fsp3) is 0.632. The van der Waals surface area contributed by atoms with Crippen molar-refractivity contribution in [2.45, 2.75) is 31.4 Å². The van der Waals surface area contributed by atoms with E-state index in [1.54, 1.807) is 14.2 Å². The highest BCUT2D eigenvalue weighted by Gasteiger charge is 2.54. The molecule has 136 valence electrons. The van der Waals surface area contributed by atoms with Crippen LogP contribution >= 0.6 is 0 Å². The SMILES string of the molecule is COc1ccc(C2=NOC3(N4CCOCC4)CCCCC23)cc1OC. The number of hydrogen-bond acceptors (Lipinski definition) is 6. The summed E-state index contributed by atoms with van der Waals surface area (Å²) in [6, 6.07) is 5.99. The number of hydrogen-bond donors (Lipinski definition) is 0. The molecule has 6 nitrogen and oxygen atoms in total. The van der Waals surface area contributed by atoms with Crippen molar-refractivity contribution in [3.63, 3.8) is 0 Å². The summed E-state index contributed by atoms with van der Waals surface area (Å²) in [5.74, 6) is 1.74. The lowest BCUT2D eigenvalue weighted by molar-refractivity contribution is -0.195. The Morgan fingerprint density at radius 3 is 2.68 bits per heavy atom. The molecule has 1 saturated carbocycles. The van der Waals surface area contributed by atoms with Crippen LogP contribution in [0.4, 0.5) is 0 Å². The molecule has 6 heteroatoms. The summed E-state index contributed by atoms with van der Waals surface area (Å²) in [6.45, 7) is 3.35. The van der Waals surface area contributed by atoms with Crippen LogP contribution in [0.3, 0.4) is 0 Å². The molecule has 4 rings (SSSR count). The normalized spacial score (nSPS) is 29.5. The maximum Gasteiger partial charge on any atom is 0.200 e. The van der Waals surface area contributed by atoms with E-state index in [9.17, 15) is 0 Å². The second-order valence-electron chi connectivity index (χ2n) is 6.88. The molecule has 0 bridgehead atoms. The Morgan fingerprint density at radius 2 is 1.92 bits per heavy atom. The van der Waals surface area contributed by atoms with Gasteiger partial charge in [-0.25, -0.2) is 0 Å². The first-order valence-corrected chi connectivity index (χ1v) is 9.10. The number of oxime groups is 1. The molecule has 0 radical (unpaired) electrons. The molecule has 1 saturated heterocycles. The fourth-order valence-corrected chi connectivity index (χ4v) is 4.41. The van der Waals surface area contributed by atoms with Gasteiger partial charge in [-0.3, -0.25) is 4.90 Å². The molecule has 1 aromatic rings. The summed E-state index contributed by atoms with van der Waals surface area (Å²) in [6.07, 6.45) is 4.53. The van der Waals surface area contributed by atoms with Crippen LogP contribution in [0, 0.1) is 5.92 Å². The monoisotopic (exact) mass is 346 g/mol. The minimum absolute atomic E-state index is 0.289. The predicted octanol–water partition coefficient (Wildman–Crippen LogP) is 2.66. The summed E-state index contributed by atoms with van der Waals surface area (Å²) in [7, 11) is 3.31. The largest absolute Gasteiger partial charge is 0.493 e. The van der Waals surface area contributed by atoms with Crippen molar-refractivity contribution in [2.75, 3.05) is 40.5 Å². The van der Waals surface area contributed by atoms with E-state index in [1.807, 2.05) is 18.2 Å². The van der Waals surface area contributed by atoms with Crippen molar-refractivity contribution < 1.29 is 19.0 Å². The van der Waals surface area contributed by atoms with Crippen LogP contribution < -0.4 is 9.47 Å². The van der Waals surface area contributed by atoms with Gasteiger partial charge in [0.25, 0.3) is 0 Å². The van der Waals surface area contributed by atoms with Crippen LogP contribution in [-0.4, -0.2) is 56.9 Å². The van der Waals surface area contributed by atoms with Gasteiger partial charge in [0, 0.05) is 25.1 Å². The van der Waals surface area contributed by atoms with Crippen LogP contribution in [0.2, 0.25) is 0 Å². The van der Waals surface area contributed by atoms with Crippen molar-refractivity contribution >= 4 is 5.71 Å². The second-order valence-corrected chi connectivity index (χ2v) is 6.88. The van der Waals surface area contributed by atoms with E-state index in [0.717, 1.165) is 61.9 Å². The molecule has 2 aliphatic heterocycles. The van der Waals surface area contributed by atoms with Gasteiger partial charge in [0.2, 0.25) is 0 Å². The minimum atomic E-state index is -0.301. The first-order chi connectivity index (χ1) is 12.3. The number of ether oxygens (including phenoxy) is 3. The van der Waals surface area contributed by atoms with Crippen LogP contribution in [0.25, 0.3) is 0 Å². The van der Waals surface area contributed by atoms with Crippen molar-refractivity contribution in [2.24, 2.45) is 11.1 Å². The Morgan fingerprint density at radius 1 is 1.12 bits per heavy atom. The summed E-state index contributed by atoms with van der Waals surface area (Å²) in [5.41, 5.74) is 1.79. The molecule has 0 aromatic heterocycles. The van der Waals surface area contributed by atoms with Crippen molar-refractivity contribution in [1.29, 1.82) is 0 Å². The van der Waals surface area contributed by atoms with E-state index in [2.05, 4.69) is 10.1 Å². The van der Waals surface area contributed by atoms with Gasteiger partial charge in [-0.2, -0.15) is 0 Å². The molecule has 1 aliphatic carbocycles. The molecular weight excluding hydrogens is 320 g/mol. The lowest BCUT2D eigenvalue weighted by atomic mass is 9.76. The molecule has 2 atom stereocenters. The van der Waals surface area contributed by atoms with E-state index in [4.69, 9.17) is 19.0 Å². The number of benzene rings is 1. The maximum atomic E-state index is 6.17. The van der Waals surface area contributed by atoms with Crippen LogP contribution in [0.5, 0.6) is 11.5 Å². The lowest BCUT2D eigenvalue weighted by Crippen LogP contribution is -2.59. The van der Waals surface area contributed by atoms with E-state index in [0.29, 0.717) is 0 Å². The predicted molar refractivity (Wildman–Crippen MR) is 94.2 cm³/mol. The zero-order valence-corrected chi connectivity index (χ0v) is 15.0. The number of fused-ring (bicyclic) bond motifs is 1. The average Bonchev–Trinajstić information content (AvgIpc) is 3.09. The van der Waals surface area contributed by atoms with Crippen LogP contribution in [0.1, 0.15) is 31.2 Å². The zero-order valence-electron chi connectivity index (χ0n) is 15.0. The lowest BCUT2D eigenvalue weighted by Gasteiger charge is -2.46. The Balaban J connectivity index is 1.65. The number of nitrogens with zero attached hydrogens (tertiary/aromatic N) is 2. The van der Waals surface area contributed by atoms with Gasteiger partial charge < -0.3 is 19.0 Å². The van der Waals surface area contributed by atoms with Gasteiger partial charge in [0.15, 0.2) is 17.2 Å². The minimum Gasteiger partial charge on any atom is -0.493 e. The summed E-state index contributed by atoms with van der Waals surface area (Å²) in [5, 5.41) is 4.57. The van der Waals surface area contributed by atoms with Gasteiger partial charge in [-0.15, -0.1) is 0 Å². The third kappa shape index (κ3) is 2.77. The highest BCUT2D eigenvalue weighted by atomic mass is 16.7. The zero-order chi connectivity index (χ0) is 17.3. The molecule has 25 heavy (non-hydrogen) atoms. The molecule has 0 N–H and O–H groups in total. The summed E-state index contributed by atoms with van der Waals surface area (Å²) >= 11 is 0. The third-order valence-corrected chi connectivity index (χ3v) is 5.68. The molecule has 0 spiro atoms. The Kier molecular flexibility index (Phi) is 4.56. The van der Waals surface area contributed by atoms with Crippen molar-refractivity contribution in [3.05, 3.63) is 23.8 Å². The summed E-state index contributed by atoms with van der Waals surface area (Å²) in [4.78, 5) is 8.61. The molecule has 2 fully saturated rings. The first-order valence-electron chi connectivity index (χ1n) is 9.10. The Hall–Kier alpha value is -1.79. The molecule has 1 aromatic carbocycles. The van der Waals surface area contributed by atoms with Gasteiger partial charge in [0.1, 0.15) is 0 Å². The summed E-state index contributed by atoms with van der Waals surface area (Å²) < 4.78 is 16.4. The quantitative estimate of drug-likeness (QED) is 0.839. The first kappa shape index (κ1) is 16.7. The van der Waals surface area contributed by atoms with Crippen LogP contribution in [-0.2, 0) is 9.57 Å². The third-order valence-electron chi connectivity index (χ3n) is 5.68. The smallest absolute Gasteiger partial charge is 0.200 e.